The highest BCUT2D eigenvalue weighted by Crippen LogP contribution is 2.32. The number of nitrogen functional groups attached to an aromatic ring is 3. The van der Waals surface area contributed by atoms with Crippen molar-refractivity contribution in [3.05, 3.63) is 382 Å². The standard InChI is InChI=1S/C18H17N3O2.C17H15N3O2.3C10H11N3.C9H7Br2N.C9H7N.C7H6BrNO2/c1-21-17(13-6-4-3-5-7-13)11-15(20-21)10-14-12-19-9-8-16(14)18(22)23-2;1-20-16(12-5-3-2-4-6-12)10-14(19-20)9-13-11-18-8-7-15(13)17(21)22;2*1-13-9(7-10(11)12-13)8-5-3-2-4-6-8;1-13-10(11)7-9(12-13)8-5-3-2-4-6-8;1-12-9(11)8(10)7-5-3-2-4-6-7;1-10-8-7-9-5-3-2-4-6-9;1-11-7(10)5-2-3-9-4-6(5)8/h3-9,11-12H,10H2,1-2H3;2-8,10-11H,9H2,1H3,(H,21,22);2*2-7H,1H3,(H2,11,12);2-7H,11H2,1H3;2-6,8-9H;2-8H;2-4H,1H3/b;;;;;;8-7+;. The van der Waals surface area contributed by atoms with Crippen molar-refractivity contribution in [3.8, 4) is 56.3 Å². The molecule has 0 aliphatic heterocycles. The van der Waals surface area contributed by atoms with Gasteiger partial charge in [-0.05, 0) is 90.8 Å². The van der Waals surface area contributed by atoms with Crippen LogP contribution in [-0.4, -0.2) is 106 Å². The molecule has 0 aliphatic carbocycles. The highest BCUT2D eigenvalue weighted by atomic mass is 79.9. The van der Waals surface area contributed by atoms with E-state index in [0.717, 1.165) is 84.4 Å². The number of nitrogens with zero attached hydrogens (tertiary/aromatic N) is 15. The van der Waals surface area contributed by atoms with Crippen molar-refractivity contribution < 1.29 is 29.0 Å². The van der Waals surface area contributed by atoms with E-state index in [4.69, 9.17) is 35.1 Å². The Hall–Kier alpha value is -14.0. The van der Waals surface area contributed by atoms with Gasteiger partial charge in [0, 0.05) is 125 Å². The average molecular weight is 1750 g/mol. The normalized spacial score (nSPS) is 10.7. The van der Waals surface area contributed by atoms with Crippen LogP contribution >= 0.6 is 47.8 Å². The van der Waals surface area contributed by atoms with Crippen molar-refractivity contribution >= 4 is 89.2 Å². The Morgan fingerprint density at radius 3 is 1.18 bits per heavy atom. The van der Waals surface area contributed by atoms with E-state index in [-0.39, 0.29) is 27.3 Å². The van der Waals surface area contributed by atoms with E-state index in [0.29, 0.717) is 51.5 Å². The first-order chi connectivity index (χ1) is 56.6. The van der Waals surface area contributed by atoms with Crippen LogP contribution in [0.1, 0.15) is 69.5 Å². The second-order valence-electron chi connectivity index (χ2n) is 25.1. The van der Waals surface area contributed by atoms with Crippen LogP contribution in [0.4, 0.5) is 17.5 Å². The number of pyridine rings is 3. The van der Waals surface area contributed by atoms with Crippen LogP contribution in [0.2, 0.25) is 0 Å². The van der Waals surface area contributed by atoms with Crippen molar-refractivity contribution in [3.63, 3.8) is 0 Å². The molecule has 7 N–H and O–H groups in total. The van der Waals surface area contributed by atoms with Gasteiger partial charge in [0.25, 0.3) is 4.95 Å². The fraction of sp³-hybridized carbons (Fsp3) is 0.122. The lowest BCUT2D eigenvalue weighted by molar-refractivity contribution is 0.0590. The molecular formula is C90H85Br3N18O6. The van der Waals surface area contributed by atoms with Crippen molar-refractivity contribution in [1.29, 1.82) is 0 Å². The average Bonchev–Trinajstić information content (AvgIpc) is 1.72. The number of alkyl halides is 2. The predicted octanol–water partition coefficient (Wildman–Crippen LogP) is 18.6. The number of aryl methyl sites for hydroxylation is 5. The first-order valence-electron chi connectivity index (χ1n) is 35.9. The predicted molar refractivity (Wildman–Crippen MR) is 472 cm³/mol. The van der Waals surface area contributed by atoms with Crippen molar-refractivity contribution in [2.24, 2.45) is 35.2 Å². The van der Waals surface area contributed by atoms with Gasteiger partial charge in [0.1, 0.15) is 22.3 Å². The van der Waals surface area contributed by atoms with E-state index >= 15 is 0 Å². The maximum absolute atomic E-state index is 11.8. The molecule has 592 valence electrons. The Bertz CT molecular complexity index is 5620. The van der Waals surface area contributed by atoms with E-state index in [1.165, 1.54) is 38.9 Å². The summed E-state index contributed by atoms with van der Waals surface area (Å²) in [4.78, 5) is 52.3. The third-order valence-electron chi connectivity index (χ3n) is 16.9. The summed E-state index contributed by atoms with van der Waals surface area (Å²) in [6, 6.07) is 84.2. The van der Waals surface area contributed by atoms with Crippen LogP contribution in [0.25, 0.3) is 72.1 Å². The molecule has 8 aromatic heterocycles. The molecule has 0 spiro atoms. The van der Waals surface area contributed by atoms with Gasteiger partial charge in [-0.25, -0.2) is 25.8 Å². The number of ether oxygens (including phenoxy) is 2. The number of methoxy groups -OCH3 is 2. The zero-order chi connectivity index (χ0) is 84.0. The van der Waals surface area contributed by atoms with Gasteiger partial charge in [-0.2, -0.15) is 25.5 Å². The lowest BCUT2D eigenvalue weighted by Crippen LogP contribution is -2.07. The number of esters is 2. The molecule has 0 bridgehead atoms. The van der Waals surface area contributed by atoms with Crippen LogP contribution in [0.5, 0.6) is 0 Å². The fourth-order valence-electron chi connectivity index (χ4n) is 11.2. The number of anilines is 3. The number of rotatable bonds is 15. The van der Waals surface area contributed by atoms with Crippen LogP contribution in [0, 0.1) is 13.1 Å². The number of carbonyl (C=O) groups excluding carboxylic acids is 2. The number of hydrogen-bond donors (Lipinski definition) is 4. The second-order valence-corrected chi connectivity index (χ2v) is 27.9. The zero-order valence-corrected chi connectivity index (χ0v) is 69.8. The number of hydrogen-bond acceptors (Lipinski definition) is 16. The molecule has 0 fully saturated rings. The summed E-state index contributed by atoms with van der Waals surface area (Å²) < 4.78 is 18.9. The molecule has 2 atom stereocenters. The van der Waals surface area contributed by atoms with Gasteiger partial charge < -0.3 is 31.8 Å². The molecule has 2 unspecified atom stereocenters. The Morgan fingerprint density at radius 2 is 0.812 bits per heavy atom. The SMILES string of the molecule is COC(=O)c1ccncc1Br.COC(=O)c1ccncc1Cc1cc(-c2ccccc2)n(C)n1.Cn1nc(-c2ccccc2)cc1N.Cn1nc(Cc2cnccc2C(=O)O)cc1-c1ccccc1.Cn1nc(N)cc1-c1ccccc1.Cn1nc(N)cc1-c1ccccc1.[C-]#[N+]/C=C/c1ccccc1.[C-]#[N+]C(Br)C(Br)c1ccccc1. The number of aromatic nitrogens is 13. The minimum Gasteiger partial charge on any atom is -0.478 e. The molecule has 15 aromatic rings. The lowest BCUT2D eigenvalue weighted by atomic mass is 10.0. The van der Waals surface area contributed by atoms with Crippen LogP contribution in [-0.2, 0) is 57.6 Å². The van der Waals surface area contributed by atoms with Crippen molar-refractivity contribution in [2.75, 3.05) is 31.4 Å². The number of carboxylic acid groups (broad SMARTS) is 1. The number of nitrogens with two attached hydrogens (primary N) is 3. The van der Waals surface area contributed by atoms with Gasteiger partial charge in [-0.1, -0.05) is 234 Å². The van der Waals surface area contributed by atoms with Gasteiger partial charge in [-0.15, -0.1) is 0 Å². The van der Waals surface area contributed by atoms with Gasteiger partial charge in [0.2, 0.25) is 0 Å². The molecule has 24 nitrogen and oxygen atoms in total. The number of carbonyl (C=O) groups is 3. The Labute approximate surface area is 704 Å². The molecular weight excluding hydrogens is 1670 g/mol. The van der Waals surface area contributed by atoms with E-state index in [2.05, 4.69) is 103 Å². The number of carboxylic acids is 1. The molecule has 0 radical (unpaired) electrons. The molecule has 0 saturated carbocycles. The summed E-state index contributed by atoms with van der Waals surface area (Å²) in [7, 11) is 12.1. The first kappa shape index (κ1) is 88.6. The Morgan fingerprint density at radius 1 is 0.453 bits per heavy atom. The Balaban J connectivity index is 0.000000170. The first-order valence-corrected chi connectivity index (χ1v) is 38.6. The van der Waals surface area contributed by atoms with Gasteiger partial charge in [-0.3, -0.25) is 43.2 Å². The minimum atomic E-state index is -0.948. The number of aromatic carboxylic acids is 1. The van der Waals surface area contributed by atoms with Crippen LogP contribution < -0.4 is 17.2 Å². The molecule has 15 rings (SSSR count). The van der Waals surface area contributed by atoms with Crippen molar-refractivity contribution in [1.82, 2.24) is 63.9 Å². The molecule has 7 aromatic carbocycles. The van der Waals surface area contributed by atoms with Gasteiger partial charge in [0.15, 0.2) is 6.20 Å². The highest BCUT2D eigenvalue weighted by Gasteiger charge is 2.22. The highest BCUT2D eigenvalue weighted by molar-refractivity contribution is 9.12. The summed E-state index contributed by atoms with van der Waals surface area (Å²) in [5.41, 5.74) is 34.0. The maximum atomic E-state index is 11.8. The summed E-state index contributed by atoms with van der Waals surface area (Å²) in [6.07, 6.45) is 13.6. The Kier molecular flexibility index (Phi) is 35.0. The number of halogens is 3. The minimum absolute atomic E-state index is 0.0659. The summed E-state index contributed by atoms with van der Waals surface area (Å²) >= 11 is 9.90. The van der Waals surface area contributed by atoms with Crippen LogP contribution in [0.15, 0.2) is 309 Å². The van der Waals surface area contributed by atoms with E-state index in [9.17, 15) is 19.5 Å². The maximum Gasteiger partial charge on any atom is 0.339 e. The molecule has 0 saturated heterocycles. The van der Waals surface area contributed by atoms with E-state index in [1.807, 2.05) is 287 Å². The third-order valence-corrected chi connectivity index (χ3v) is 20.0. The zero-order valence-electron chi connectivity index (χ0n) is 65.1. The van der Waals surface area contributed by atoms with E-state index in [1.54, 1.807) is 57.0 Å². The molecule has 0 amide bonds. The molecule has 27 heteroatoms. The van der Waals surface area contributed by atoms with Gasteiger partial charge in [0.05, 0.1) is 81.8 Å². The monoisotopic (exact) mass is 1750 g/mol. The quantitative estimate of drug-likeness (QED) is 0.0321. The summed E-state index contributed by atoms with van der Waals surface area (Å²) in [5, 5.41) is 30.7. The third kappa shape index (κ3) is 27.4. The topological polar surface area (TPSA) is 304 Å². The fourth-order valence-corrected chi connectivity index (χ4v) is 12.3. The van der Waals surface area contributed by atoms with Gasteiger partial charge >= 0.3 is 17.9 Å². The lowest BCUT2D eigenvalue weighted by Gasteiger charge is -2.06. The molecule has 0 aliphatic rings. The molecule has 117 heavy (non-hydrogen) atoms. The molecule has 8 heterocycles. The van der Waals surface area contributed by atoms with Crippen molar-refractivity contribution in [2.45, 2.75) is 22.6 Å². The number of benzene rings is 7. The van der Waals surface area contributed by atoms with E-state index < -0.39 is 5.97 Å². The summed E-state index contributed by atoms with van der Waals surface area (Å²) in [5.74, 6) is 0.124. The second kappa shape index (κ2) is 46.3. The largest absolute Gasteiger partial charge is 0.478 e. The smallest absolute Gasteiger partial charge is 0.339 e. The summed E-state index contributed by atoms with van der Waals surface area (Å²) in [6.45, 7) is 13.3. The van der Waals surface area contributed by atoms with Crippen LogP contribution in [0.3, 0.4) is 0 Å².